The first-order valence-electron chi connectivity index (χ1n) is 8.67. The van der Waals surface area contributed by atoms with Crippen molar-refractivity contribution in [3.05, 3.63) is 95.6 Å². The van der Waals surface area contributed by atoms with E-state index in [2.05, 4.69) is 70.5 Å². The number of aryl methyl sites for hydroxylation is 2. The quantitative estimate of drug-likeness (QED) is 0.577. The second kappa shape index (κ2) is 6.92. The van der Waals surface area contributed by atoms with Gasteiger partial charge in [-0.25, -0.2) is 9.97 Å². The maximum atomic E-state index is 4.57. The Labute approximate surface area is 153 Å². The van der Waals surface area contributed by atoms with E-state index in [1.165, 1.54) is 5.56 Å². The fourth-order valence-corrected chi connectivity index (χ4v) is 3.21. The van der Waals surface area contributed by atoms with Gasteiger partial charge in [0.25, 0.3) is 0 Å². The second-order valence-corrected chi connectivity index (χ2v) is 6.44. The van der Waals surface area contributed by atoms with Gasteiger partial charge in [-0.3, -0.25) is 4.98 Å². The molecule has 4 aromatic rings. The van der Waals surface area contributed by atoms with Gasteiger partial charge in [0.05, 0.1) is 17.3 Å². The maximum absolute atomic E-state index is 4.57. The van der Waals surface area contributed by atoms with E-state index in [1.807, 2.05) is 30.5 Å². The molecule has 0 aliphatic carbocycles. The summed E-state index contributed by atoms with van der Waals surface area (Å²) in [6, 6.07) is 20.5. The number of hydrogen-bond acceptors (Lipinski definition) is 4. The highest BCUT2D eigenvalue weighted by atomic mass is 15.0. The number of pyridine rings is 1. The highest BCUT2D eigenvalue weighted by Crippen LogP contribution is 2.29. The number of nitrogens with one attached hydrogen (secondary N) is 1. The van der Waals surface area contributed by atoms with Crippen LogP contribution in [-0.2, 0) is 0 Å². The van der Waals surface area contributed by atoms with Crippen molar-refractivity contribution in [2.24, 2.45) is 0 Å². The molecule has 26 heavy (non-hydrogen) atoms. The normalized spacial score (nSPS) is 12.1. The highest BCUT2D eigenvalue weighted by molar-refractivity contribution is 5.91. The van der Waals surface area contributed by atoms with Crippen LogP contribution in [0.2, 0.25) is 0 Å². The van der Waals surface area contributed by atoms with Gasteiger partial charge in [0.2, 0.25) is 0 Å². The van der Waals surface area contributed by atoms with Gasteiger partial charge in [-0.15, -0.1) is 0 Å². The van der Waals surface area contributed by atoms with Gasteiger partial charge in [0.1, 0.15) is 12.1 Å². The Morgan fingerprint density at radius 3 is 2.54 bits per heavy atom. The summed E-state index contributed by atoms with van der Waals surface area (Å²) in [5, 5.41) is 4.61. The summed E-state index contributed by atoms with van der Waals surface area (Å²) in [7, 11) is 0. The lowest BCUT2D eigenvalue weighted by Crippen LogP contribution is -2.15. The van der Waals surface area contributed by atoms with E-state index in [9.17, 15) is 0 Å². The molecular formula is C22H20N4. The lowest BCUT2D eigenvalue weighted by Gasteiger charge is -2.21. The predicted molar refractivity (Wildman–Crippen MR) is 105 cm³/mol. The molecule has 0 radical (unpaired) electrons. The number of nitrogens with zero attached hydrogens (tertiary/aromatic N) is 3. The highest BCUT2D eigenvalue weighted by Gasteiger charge is 2.17. The average molecular weight is 340 g/mol. The molecule has 4 rings (SSSR count). The van der Waals surface area contributed by atoms with Crippen molar-refractivity contribution in [3.8, 4) is 0 Å². The van der Waals surface area contributed by atoms with Gasteiger partial charge in [0, 0.05) is 11.6 Å². The van der Waals surface area contributed by atoms with Gasteiger partial charge in [-0.05, 0) is 43.2 Å². The molecule has 0 saturated heterocycles. The lowest BCUT2D eigenvalue weighted by molar-refractivity contribution is 0.877. The van der Waals surface area contributed by atoms with Crippen LogP contribution in [-0.4, -0.2) is 15.0 Å². The summed E-state index contributed by atoms with van der Waals surface area (Å²) in [6.07, 6.45) is 3.44. The molecule has 1 N–H and O–H groups in total. The molecule has 0 amide bonds. The van der Waals surface area contributed by atoms with E-state index in [0.29, 0.717) is 0 Å². The van der Waals surface area contributed by atoms with Crippen LogP contribution in [0.15, 0.2) is 73.2 Å². The fourth-order valence-electron chi connectivity index (χ4n) is 3.21. The van der Waals surface area contributed by atoms with Crippen molar-refractivity contribution in [2.45, 2.75) is 19.9 Å². The SMILES string of the molecule is Cc1cccc(C(Nc2ncnc3c(C)cccc23)c2ccccn2)c1. The number of anilines is 1. The second-order valence-electron chi connectivity index (χ2n) is 6.44. The molecule has 2 aromatic carbocycles. The van der Waals surface area contributed by atoms with Crippen LogP contribution in [0, 0.1) is 13.8 Å². The summed E-state index contributed by atoms with van der Waals surface area (Å²) in [5.74, 6) is 0.816. The Morgan fingerprint density at radius 1 is 0.846 bits per heavy atom. The zero-order valence-corrected chi connectivity index (χ0v) is 14.8. The van der Waals surface area contributed by atoms with Gasteiger partial charge in [-0.1, -0.05) is 48.0 Å². The first-order chi connectivity index (χ1) is 12.7. The van der Waals surface area contributed by atoms with Crippen molar-refractivity contribution in [1.29, 1.82) is 0 Å². The molecule has 0 aliphatic rings. The van der Waals surface area contributed by atoms with E-state index in [-0.39, 0.29) is 6.04 Å². The predicted octanol–water partition coefficient (Wildman–Crippen LogP) is 4.84. The van der Waals surface area contributed by atoms with Gasteiger partial charge >= 0.3 is 0 Å². The molecule has 0 aliphatic heterocycles. The zero-order valence-electron chi connectivity index (χ0n) is 14.8. The van der Waals surface area contributed by atoms with E-state index in [0.717, 1.165) is 33.5 Å². The van der Waals surface area contributed by atoms with Gasteiger partial charge < -0.3 is 5.32 Å². The maximum Gasteiger partial charge on any atom is 0.138 e. The number of rotatable bonds is 4. The number of hydrogen-bond donors (Lipinski definition) is 1. The van der Waals surface area contributed by atoms with Crippen molar-refractivity contribution in [3.63, 3.8) is 0 Å². The minimum atomic E-state index is -0.0882. The van der Waals surface area contributed by atoms with Crippen LogP contribution in [0.5, 0.6) is 0 Å². The Hall–Kier alpha value is -3.27. The molecule has 0 bridgehead atoms. The average Bonchev–Trinajstić information content (AvgIpc) is 2.67. The summed E-state index contributed by atoms with van der Waals surface area (Å²) in [5.41, 5.74) is 5.43. The Balaban J connectivity index is 1.83. The topological polar surface area (TPSA) is 50.7 Å². The van der Waals surface area contributed by atoms with Crippen LogP contribution in [0.3, 0.4) is 0 Å². The third kappa shape index (κ3) is 3.14. The molecule has 0 fully saturated rings. The number of fused-ring (bicyclic) bond motifs is 1. The minimum absolute atomic E-state index is 0.0882. The van der Waals surface area contributed by atoms with E-state index in [4.69, 9.17) is 0 Å². The Kier molecular flexibility index (Phi) is 4.32. The Morgan fingerprint density at radius 2 is 1.73 bits per heavy atom. The summed E-state index contributed by atoms with van der Waals surface area (Å²) < 4.78 is 0. The summed E-state index contributed by atoms with van der Waals surface area (Å²) >= 11 is 0. The first-order valence-corrected chi connectivity index (χ1v) is 8.67. The van der Waals surface area contributed by atoms with E-state index < -0.39 is 0 Å². The molecular weight excluding hydrogens is 320 g/mol. The van der Waals surface area contributed by atoms with Crippen LogP contribution in [0.4, 0.5) is 5.82 Å². The number of para-hydroxylation sites is 1. The fraction of sp³-hybridized carbons (Fsp3) is 0.136. The van der Waals surface area contributed by atoms with Crippen LogP contribution < -0.4 is 5.32 Å². The molecule has 1 unspecified atom stereocenters. The van der Waals surface area contributed by atoms with Crippen LogP contribution in [0.25, 0.3) is 10.9 Å². The monoisotopic (exact) mass is 340 g/mol. The van der Waals surface area contributed by atoms with Crippen molar-refractivity contribution in [1.82, 2.24) is 15.0 Å². The molecule has 2 aromatic heterocycles. The van der Waals surface area contributed by atoms with Crippen molar-refractivity contribution in [2.75, 3.05) is 5.32 Å². The van der Waals surface area contributed by atoms with E-state index >= 15 is 0 Å². The molecule has 0 spiro atoms. The van der Waals surface area contributed by atoms with Crippen LogP contribution >= 0.6 is 0 Å². The molecule has 1 atom stereocenters. The van der Waals surface area contributed by atoms with Gasteiger partial charge in [0.15, 0.2) is 0 Å². The lowest BCUT2D eigenvalue weighted by atomic mass is 10.0. The number of aromatic nitrogens is 3. The molecule has 128 valence electrons. The third-order valence-electron chi connectivity index (χ3n) is 4.51. The van der Waals surface area contributed by atoms with E-state index in [1.54, 1.807) is 6.33 Å². The molecule has 0 saturated carbocycles. The summed E-state index contributed by atoms with van der Waals surface area (Å²) in [4.78, 5) is 13.5. The molecule has 4 nitrogen and oxygen atoms in total. The molecule has 4 heteroatoms. The number of benzene rings is 2. The van der Waals surface area contributed by atoms with Gasteiger partial charge in [-0.2, -0.15) is 0 Å². The van der Waals surface area contributed by atoms with Crippen molar-refractivity contribution < 1.29 is 0 Å². The third-order valence-corrected chi connectivity index (χ3v) is 4.51. The summed E-state index contributed by atoms with van der Waals surface area (Å²) in [6.45, 7) is 4.17. The van der Waals surface area contributed by atoms with Crippen molar-refractivity contribution >= 4 is 16.7 Å². The smallest absolute Gasteiger partial charge is 0.138 e. The standard InChI is InChI=1S/C22H20N4/c1-15-7-5-9-17(13-15)21(19-11-3-4-12-23-19)26-22-18-10-6-8-16(2)20(18)24-14-25-22/h3-14,21H,1-2H3,(H,24,25,26). The zero-order chi connectivity index (χ0) is 17.9. The Bertz CT molecular complexity index is 1040. The molecule has 2 heterocycles. The first kappa shape index (κ1) is 16.2. The van der Waals surface area contributed by atoms with Crippen LogP contribution in [0.1, 0.15) is 28.4 Å². The minimum Gasteiger partial charge on any atom is -0.357 e. The largest absolute Gasteiger partial charge is 0.357 e.